The third-order valence-corrected chi connectivity index (χ3v) is 5.24. The van der Waals surface area contributed by atoms with Gasteiger partial charge in [0.05, 0.1) is 6.54 Å². The Hall–Kier alpha value is -2.46. The van der Waals surface area contributed by atoms with Crippen molar-refractivity contribution in [1.29, 1.82) is 0 Å². The van der Waals surface area contributed by atoms with Gasteiger partial charge in [-0.25, -0.2) is 0 Å². The van der Waals surface area contributed by atoms with E-state index in [1.807, 2.05) is 18.2 Å². The summed E-state index contributed by atoms with van der Waals surface area (Å²) in [7, 11) is 0. The van der Waals surface area contributed by atoms with Gasteiger partial charge in [-0.3, -0.25) is 14.4 Å². The minimum atomic E-state index is -5.82. The number of nitrogens with one attached hydrogen (secondary N) is 2. The summed E-state index contributed by atoms with van der Waals surface area (Å²) < 4.78 is 62.5. The van der Waals surface area contributed by atoms with Crippen molar-refractivity contribution in [3.63, 3.8) is 0 Å². The Balaban J connectivity index is 2.00. The van der Waals surface area contributed by atoms with E-state index < -0.39 is 42.4 Å². The van der Waals surface area contributed by atoms with Crippen molar-refractivity contribution in [3.05, 3.63) is 23.9 Å². The van der Waals surface area contributed by atoms with Crippen LogP contribution < -0.4 is 10.6 Å². The highest BCUT2D eigenvalue weighted by atomic mass is 19.4. The van der Waals surface area contributed by atoms with E-state index in [2.05, 4.69) is 5.32 Å². The molecule has 0 spiro atoms. The third-order valence-electron chi connectivity index (χ3n) is 5.24. The first-order valence-corrected chi connectivity index (χ1v) is 9.59. The van der Waals surface area contributed by atoms with Crippen LogP contribution in [-0.2, 0) is 14.4 Å². The number of likely N-dealkylation sites (tertiary alicyclic amines) is 1. The predicted octanol–water partition coefficient (Wildman–Crippen LogP) is 2.52. The Morgan fingerprint density at radius 3 is 2.47 bits per heavy atom. The van der Waals surface area contributed by atoms with Crippen molar-refractivity contribution in [1.82, 2.24) is 15.5 Å². The first-order valence-electron chi connectivity index (χ1n) is 9.59. The number of hydrogen-bond donors (Lipinski definition) is 2. The molecule has 0 aromatic carbocycles. The van der Waals surface area contributed by atoms with E-state index in [0.29, 0.717) is 19.4 Å². The summed E-state index contributed by atoms with van der Waals surface area (Å²) in [4.78, 5) is 38.7. The number of allylic oxidation sites excluding steroid dienone is 4. The number of rotatable bonds is 6. The second-order valence-electron chi connectivity index (χ2n) is 7.32. The highest BCUT2D eigenvalue weighted by Gasteiger charge is 2.57. The van der Waals surface area contributed by atoms with E-state index >= 15 is 0 Å². The Morgan fingerprint density at radius 2 is 1.87 bits per heavy atom. The molecule has 0 aromatic rings. The van der Waals surface area contributed by atoms with Crippen molar-refractivity contribution in [3.8, 4) is 0 Å². The lowest BCUT2D eigenvalue weighted by Gasteiger charge is -2.29. The Labute approximate surface area is 170 Å². The Bertz CT molecular complexity index is 748. The van der Waals surface area contributed by atoms with E-state index in [4.69, 9.17) is 0 Å². The molecule has 3 atom stereocenters. The van der Waals surface area contributed by atoms with E-state index in [9.17, 15) is 36.3 Å². The lowest BCUT2D eigenvalue weighted by Crippen LogP contribution is -2.52. The van der Waals surface area contributed by atoms with Gasteiger partial charge in [0.1, 0.15) is 12.0 Å². The van der Waals surface area contributed by atoms with Gasteiger partial charge < -0.3 is 15.5 Å². The predicted molar refractivity (Wildman–Crippen MR) is 97.1 cm³/mol. The van der Waals surface area contributed by atoms with Crippen LogP contribution in [-0.4, -0.2) is 53.9 Å². The summed E-state index contributed by atoms with van der Waals surface area (Å²) in [6, 6.07) is -0.921. The fourth-order valence-electron chi connectivity index (χ4n) is 3.39. The molecule has 0 radical (unpaired) electrons. The number of amides is 3. The lowest BCUT2D eigenvalue weighted by atomic mass is 9.92. The summed E-state index contributed by atoms with van der Waals surface area (Å²) >= 11 is 0. The van der Waals surface area contributed by atoms with E-state index in [0.717, 1.165) is 19.0 Å². The molecule has 6 nitrogen and oxygen atoms in total. The van der Waals surface area contributed by atoms with Crippen LogP contribution in [0.5, 0.6) is 0 Å². The van der Waals surface area contributed by atoms with Gasteiger partial charge in [0.15, 0.2) is 0 Å². The molecule has 0 aromatic heterocycles. The summed E-state index contributed by atoms with van der Waals surface area (Å²) in [5.74, 6) is -9.12. The molecule has 1 fully saturated rings. The fraction of sp³-hybridized carbons (Fsp3) is 0.632. The SMILES string of the molecule is CCN1C(=O)[C@@H](NC(=O)C(C)C(=O)NCC(F)(F)C(F)(F)F)CC[C@H]2CC=CC=C21. The van der Waals surface area contributed by atoms with Crippen LogP contribution in [0.3, 0.4) is 0 Å². The molecule has 3 amide bonds. The van der Waals surface area contributed by atoms with Crippen LogP contribution >= 0.6 is 0 Å². The van der Waals surface area contributed by atoms with Crippen molar-refractivity contribution in [2.45, 2.75) is 51.3 Å². The normalized spacial score (nSPS) is 23.2. The molecule has 168 valence electrons. The molecule has 1 unspecified atom stereocenters. The topological polar surface area (TPSA) is 78.5 Å². The highest BCUT2D eigenvalue weighted by Crippen LogP contribution is 2.35. The number of alkyl halides is 5. The number of nitrogens with zero attached hydrogens (tertiary/aromatic N) is 1. The summed E-state index contributed by atoms with van der Waals surface area (Å²) in [5, 5.41) is 3.89. The van der Waals surface area contributed by atoms with Gasteiger partial charge in [-0.05, 0) is 39.2 Å². The average molecular weight is 437 g/mol. The fourth-order valence-corrected chi connectivity index (χ4v) is 3.39. The molecule has 1 saturated heterocycles. The zero-order valence-electron chi connectivity index (χ0n) is 16.6. The minimum absolute atomic E-state index is 0.117. The zero-order chi connectivity index (χ0) is 22.7. The molecule has 1 heterocycles. The van der Waals surface area contributed by atoms with Crippen LogP contribution in [0, 0.1) is 11.8 Å². The molecule has 1 aliphatic heterocycles. The highest BCUT2D eigenvalue weighted by molar-refractivity contribution is 6.01. The average Bonchev–Trinajstić information content (AvgIpc) is 2.81. The summed E-state index contributed by atoms with van der Waals surface area (Å²) in [6.07, 6.45) is 1.54. The molecule has 0 saturated carbocycles. The van der Waals surface area contributed by atoms with Crippen LogP contribution in [0.15, 0.2) is 23.9 Å². The number of carbonyl (C=O) groups excluding carboxylic acids is 3. The van der Waals surface area contributed by atoms with Crippen LogP contribution in [0.1, 0.15) is 33.1 Å². The second kappa shape index (κ2) is 9.13. The first-order chi connectivity index (χ1) is 13.9. The molecule has 2 rings (SSSR count). The van der Waals surface area contributed by atoms with E-state index in [1.54, 1.807) is 11.8 Å². The smallest absolute Gasteiger partial charge is 0.349 e. The van der Waals surface area contributed by atoms with Crippen LogP contribution in [0.25, 0.3) is 0 Å². The van der Waals surface area contributed by atoms with Gasteiger partial charge in [0.2, 0.25) is 17.7 Å². The number of fused-ring (bicyclic) bond motifs is 1. The number of hydrogen-bond acceptors (Lipinski definition) is 3. The van der Waals surface area contributed by atoms with Gasteiger partial charge >= 0.3 is 12.1 Å². The van der Waals surface area contributed by atoms with Crippen LogP contribution in [0.2, 0.25) is 0 Å². The number of carbonyl (C=O) groups is 3. The van der Waals surface area contributed by atoms with Crippen LogP contribution in [0.4, 0.5) is 22.0 Å². The van der Waals surface area contributed by atoms with Gasteiger partial charge in [-0.1, -0.05) is 12.2 Å². The van der Waals surface area contributed by atoms with Gasteiger partial charge in [0.25, 0.3) is 0 Å². The summed E-state index contributed by atoms with van der Waals surface area (Å²) in [6.45, 7) is 1.27. The van der Waals surface area contributed by atoms with Gasteiger partial charge in [-0.2, -0.15) is 22.0 Å². The van der Waals surface area contributed by atoms with Crippen molar-refractivity contribution >= 4 is 17.7 Å². The standard InChI is InChI=1S/C19H24F5N3O3/c1-3-27-14-7-5-4-6-12(14)8-9-13(17(27)30)26-16(29)11(2)15(28)25-10-18(20,21)19(22,23)24/h4-5,7,11-13H,3,6,8-10H2,1-2H3,(H,25,28)(H,26,29)/t11?,12-,13+/m1/s1. The van der Waals surface area contributed by atoms with Crippen molar-refractivity contribution < 1.29 is 36.3 Å². The van der Waals surface area contributed by atoms with E-state index in [-0.39, 0.29) is 11.8 Å². The zero-order valence-corrected chi connectivity index (χ0v) is 16.6. The molecule has 30 heavy (non-hydrogen) atoms. The van der Waals surface area contributed by atoms with Crippen molar-refractivity contribution in [2.24, 2.45) is 11.8 Å². The van der Waals surface area contributed by atoms with Crippen molar-refractivity contribution in [2.75, 3.05) is 13.1 Å². The first kappa shape index (κ1) is 23.8. The molecule has 1 aliphatic carbocycles. The summed E-state index contributed by atoms with van der Waals surface area (Å²) in [5.41, 5.74) is 0.849. The third kappa shape index (κ3) is 5.17. The second-order valence-corrected chi connectivity index (χ2v) is 7.32. The maximum absolute atomic E-state index is 13.0. The minimum Gasteiger partial charge on any atom is -0.349 e. The van der Waals surface area contributed by atoms with Gasteiger partial charge in [0, 0.05) is 18.2 Å². The lowest BCUT2D eigenvalue weighted by molar-refractivity contribution is -0.278. The molecule has 2 N–H and O–H groups in total. The Kier molecular flexibility index (Phi) is 7.25. The monoisotopic (exact) mass is 437 g/mol. The molecular weight excluding hydrogens is 413 g/mol. The maximum atomic E-state index is 13.0. The number of halogens is 5. The quantitative estimate of drug-likeness (QED) is 0.495. The van der Waals surface area contributed by atoms with E-state index in [1.165, 1.54) is 5.32 Å². The molecule has 0 bridgehead atoms. The molecule has 11 heteroatoms. The van der Waals surface area contributed by atoms with Gasteiger partial charge in [-0.15, -0.1) is 0 Å². The number of likely N-dealkylation sites (N-methyl/N-ethyl adjacent to an activating group) is 1. The Morgan fingerprint density at radius 1 is 1.20 bits per heavy atom. The molecular formula is C19H24F5N3O3. The maximum Gasteiger partial charge on any atom is 0.455 e. The molecule has 2 aliphatic rings. The largest absolute Gasteiger partial charge is 0.455 e.